The van der Waals surface area contributed by atoms with E-state index in [9.17, 15) is 18.0 Å². The van der Waals surface area contributed by atoms with Crippen LogP contribution < -0.4 is 5.32 Å². The summed E-state index contributed by atoms with van der Waals surface area (Å²) in [5.74, 6) is -2.35. The van der Waals surface area contributed by atoms with Crippen LogP contribution in [-0.2, 0) is 6.18 Å². The van der Waals surface area contributed by atoms with Gasteiger partial charge in [0.05, 0.1) is 16.8 Å². The van der Waals surface area contributed by atoms with Crippen molar-refractivity contribution in [3.05, 3.63) is 46.9 Å². The quantitative estimate of drug-likeness (QED) is 0.753. The number of hydrogen-bond donors (Lipinski definition) is 2. The van der Waals surface area contributed by atoms with Crippen LogP contribution in [0.2, 0.25) is 0 Å². The van der Waals surface area contributed by atoms with Gasteiger partial charge >= 0.3 is 6.18 Å². The van der Waals surface area contributed by atoms with Crippen molar-refractivity contribution in [3.63, 3.8) is 0 Å². The largest absolute Gasteiger partial charge is 0.451 e. The zero-order chi connectivity index (χ0) is 17.5. The number of nitrogens with zero attached hydrogens (tertiary/aromatic N) is 3. The molecule has 0 saturated heterocycles. The van der Waals surface area contributed by atoms with Crippen LogP contribution in [0.15, 0.2) is 24.3 Å². The molecule has 0 radical (unpaired) electrons. The number of benzene rings is 1. The second-order valence-electron chi connectivity index (χ2n) is 5.28. The molecule has 124 valence electrons. The smallest absolute Gasteiger partial charge is 0.289 e. The lowest BCUT2D eigenvalue weighted by atomic mass is 10.1. The number of pyridine rings is 1. The third-order valence-corrected chi connectivity index (χ3v) is 3.39. The first kappa shape index (κ1) is 15.9. The molecular weight excluding hydrogens is 323 g/mol. The molecule has 0 atom stereocenters. The lowest BCUT2D eigenvalue weighted by Gasteiger charge is -2.07. The van der Waals surface area contributed by atoms with Crippen molar-refractivity contribution >= 4 is 22.8 Å². The number of aryl methyl sites for hydroxylation is 2. The number of nitrogens with one attached hydrogen (secondary N) is 2. The van der Waals surface area contributed by atoms with E-state index in [0.29, 0.717) is 5.69 Å². The number of amides is 1. The fourth-order valence-electron chi connectivity index (χ4n) is 2.22. The van der Waals surface area contributed by atoms with E-state index in [0.717, 1.165) is 16.5 Å². The fraction of sp³-hybridized carbons (Fsp3) is 0.200. The zero-order valence-corrected chi connectivity index (χ0v) is 12.7. The van der Waals surface area contributed by atoms with Crippen molar-refractivity contribution in [2.24, 2.45) is 0 Å². The first-order chi connectivity index (χ1) is 11.2. The molecule has 0 aliphatic rings. The summed E-state index contributed by atoms with van der Waals surface area (Å²) in [6.07, 6.45) is -4.66. The molecule has 3 aromatic rings. The Bertz CT molecular complexity index is 932. The molecular formula is C15H12F3N5O. The van der Waals surface area contributed by atoms with Crippen molar-refractivity contribution in [1.82, 2.24) is 20.2 Å². The van der Waals surface area contributed by atoms with E-state index in [1.165, 1.54) is 0 Å². The first-order valence-corrected chi connectivity index (χ1v) is 6.93. The Kier molecular flexibility index (Phi) is 3.70. The van der Waals surface area contributed by atoms with E-state index in [1.807, 2.05) is 25.1 Å². The van der Waals surface area contributed by atoms with Gasteiger partial charge in [0.1, 0.15) is 0 Å². The number of carbonyl (C=O) groups is 1. The van der Waals surface area contributed by atoms with Gasteiger partial charge in [-0.1, -0.05) is 12.1 Å². The number of halogens is 3. The minimum absolute atomic E-state index is 0.240. The predicted molar refractivity (Wildman–Crippen MR) is 80.6 cm³/mol. The van der Waals surface area contributed by atoms with Crippen LogP contribution in [0.3, 0.4) is 0 Å². The van der Waals surface area contributed by atoms with Gasteiger partial charge in [0.25, 0.3) is 5.91 Å². The highest BCUT2D eigenvalue weighted by molar-refractivity contribution is 6.06. The maximum atomic E-state index is 12.5. The Morgan fingerprint density at radius 2 is 1.92 bits per heavy atom. The highest BCUT2D eigenvalue weighted by Crippen LogP contribution is 2.26. The number of aromatic nitrogens is 4. The summed E-state index contributed by atoms with van der Waals surface area (Å²) in [6, 6.07) is 7.22. The summed E-state index contributed by atoms with van der Waals surface area (Å²) >= 11 is 0. The highest BCUT2D eigenvalue weighted by Gasteiger charge is 2.35. The number of alkyl halides is 3. The summed E-state index contributed by atoms with van der Waals surface area (Å²) in [6.45, 7) is 3.58. The summed E-state index contributed by atoms with van der Waals surface area (Å²) in [5.41, 5.74) is 2.47. The van der Waals surface area contributed by atoms with Gasteiger partial charge in [0.2, 0.25) is 11.8 Å². The van der Waals surface area contributed by atoms with E-state index < -0.39 is 23.9 Å². The fourth-order valence-corrected chi connectivity index (χ4v) is 2.22. The maximum Gasteiger partial charge on any atom is 0.451 e. The number of H-pyrrole nitrogens is 1. The van der Waals surface area contributed by atoms with Gasteiger partial charge in [-0.25, -0.2) is 0 Å². The number of aromatic amines is 1. The van der Waals surface area contributed by atoms with Gasteiger partial charge in [0.15, 0.2) is 0 Å². The molecule has 9 heteroatoms. The van der Waals surface area contributed by atoms with E-state index in [1.54, 1.807) is 18.1 Å². The van der Waals surface area contributed by atoms with Crippen molar-refractivity contribution in [2.45, 2.75) is 20.0 Å². The van der Waals surface area contributed by atoms with Crippen molar-refractivity contribution in [2.75, 3.05) is 5.32 Å². The summed E-state index contributed by atoms with van der Waals surface area (Å²) < 4.78 is 37.4. The van der Waals surface area contributed by atoms with E-state index in [4.69, 9.17) is 0 Å². The third-order valence-electron chi connectivity index (χ3n) is 3.39. The Morgan fingerprint density at radius 3 is 2.58 bits per heavy atom. The summed E-state index contributed by atoms with van der Waals surface area (Å²) in [7, 11) is 0. The van der Waals surface area contributed by atoms with E-state index in [2.05, 4.69) is 20.4 Å². The van der Waals surface area contributed by atoms with Crippen LogP contribution in [0.4, 0.5) is 19.1 Å². The van der Waals surface area contributed by atoms with E-state index in [-0.39, 0.29) is 5.56 Å². The van der Waals surface area contributed by atoms with Gasteiger partial charge in [-0.2, -0.15) is 18.2 Å². The number of hydrogen-bond acceptors (Lipinski definition) is 4. The lowest BCUT2D eigenvalue weighted by molar-refractivity contribution is -0.144. The van der Waals surface area contributed by atoms with Gasteiger partial charge in [-0.15, -0.1) is 5.10 Å². The van der Waals surface area contributed by atoms with Gasteiger partial charge in [-0.05, 0) is 31.5 Å². The van der Waals surface area contributed by atoms with E-state index >= 15 is 0 Å². The van der Waals surface area contributed by atoms with Crippen LogP contribution in [0, 0.1) is 13.8 Å². The SMILES string of the molecule is Cc1ccc2cc(C(=O)Nc3n[nH]c(C(F)(F)F)n3)c(C)nc2c1. The molecule has 24 heavy (non-hydrogen) atoms. The van der Waals surface area contributed by atoms with Gasteiger partial charge < -0.3 is 0 Å². The minimum Gasteiger partial charge on any atom is -0.289 e. The Hall–Kier alpha value is -2.97. The number of rotatable bonds is 2. The van der Waals surface area contributed by atoms with Crippen LogP contribution in [0.1, 0.15) is 27.4 Å². The summed E-state index contributed by atoms with van der Waals surface area (Å²) in [5, 5.41) is 8.07. The van der Waals surface area contributed by atoms with Crippen LogP contribution in [0.5, 0.6) is 0 Å². The molecule has 2 heterocycles. The molecule has 1 aromatic carbocycles. The molecule has 0 spiro atoms. The normalized spacial score (nSPS) is 11.7. The molecule has 6 nitrogen and oxygen atoms in total. The standard InChI is InChI=1S/C15H12F3N5O/c1-7-3-4-9-6-10(8(2)19-11(9)5-7)12(24)20-14-21-13(22-23-14)15(16,17)18/h3-6H,1-2H3,(H2,20,21,22,23,24). The Labute approximate surface area is 134 Å². The molecule has 0 unspecified atom stereocenters. The van der Waals surface area contributed by atoms with Crippen molar-refractivity contribution in [3.8, 4) is 0 Å². The second-order valence-corrected chi connectivity index (χ2v) is 5.28. The molecule has 0 fully saturated rings. The topological polar surface area (TPSA) is 83.6 Å². The highest BCUT2D eigenvalue weighted by atomic mass is 19.4. The minimum atomic E-state index is -4.66. The number of carbonyl (C=O) groups excluding carboxylic acids is 1. The second kappa shape index (κ2) is 5.59. The summed E-state index contributed by atoms with van der Waals surface area (Å²) in [4.78, 5) is 19.8. The molecule has 2 N–H and O–H groups in total. The average molecular weight is 335 g/mol. The molecule has 0 saturated carbocycles. The molecule has 0 aliphatic carbocycles. The molecule has 2 aromatic heterocycles. The molecule has 0 bridgehead atoms. The first-order valence-electron chi connectivity index (χ1n) is 6.93. The van der Waals surface area contributed by atoms with Crippen LogP contribution in [-0.4, -0.2) is 26.1 Å². The number of anilines is 1. The Balaban J connectivity index is 1.90. The molecule has 0 aliphatic heterocycles. The monoisotopic (exact) mass is 335 g/mol. The van der Waals surface area contributed by atoms with Gasteiger partial charge in [0, 0.05) is 5.39 Å². The maximum absolute atomic E-state index is 12.5. The molecule has 3 rings (SSSR count). The Morgan fingerprint density at radius 1 is 1.17 bits per heavy atom. The van der Waals surface area contributed by atoms with Crippen LogP contribution >= 0.6 is 0 Å². The predicted octanol–water partition coefficient (Wildman–Crippen LogP) is 3.24. The van der Waals surface area contributed by atoms with Crippen LogP contribution in [0.25, 0.3) is 10.9 Å². The third kappa shape index (κ3) is 3.05. The van der Waals surface area contributed by atoms with Crippen molar-refractivity contribution < 1.29 is 18.0 Å². The average Bonchev–Trinajstić information content (AvgIpc) is 2.95. The number of fused-ring (bicyclic) bond motifs is 1. The van der Waals surface area contributed by atoms with Gasteiger partial charge in [-0.3, -0.25) is 20.2 Å². The van der Waals surface area contributed by atoms with Crippen molar-refractivity contribution in [1.29, 1.82) is 0 Å². The molecule has 1 amide bonds. The zero-order valence-electron chi connectivity index (χ0n) is 12.7. The lowest BCUT2D eigenvalue weighted by Crippen LogP contribution is -2.15.